The molecular formula is C23H25N3O2. The Balaban J connectivity index is 1.48. The average Bonchev–Trinajstić information content (AvgIpc) is 3.19. The first-order valence-corrected chi connectivity index (χ1v) is 10.2. The van der Waals surface area contributed by atoms with Gasteiger partial charge in [0.25, 0.3) is 5.91 Å². The third-order valence-corrected chi connectivity index (χ3v) is 6.60. The Morgan fingerprint density at radius 3 is 2.64 bits per heavy atom. The van der Waals surface area contributed by atoms with Crippen LogP contribution in [-0.2, 0) is 5.60 Å². The minimum Gasteiger partial charge on any atom is -0.385 e. The van der Waals surface area contributed by atoms with Crippen molar-refractivity contribution in [1.82, 2.24) is 14.9 Å². The lowest BCUT2D eigenvalue weighted by Gasteiger charge is -2.52. The number of amides is 1. The van der Waals surface area contributed by atoms with Crippen LogP contribution >= 0.6 is 0 Å². The number of hydrogen-bond acceptors (Lipinski definition) is 3. The largest absolute Gasteiger partial charge is 0.385 e. The predicted octanol–water partition coefficient (Wildman–Crippen LogP) is 3.86. The van der Waals surface area contributed by atoms with Crippen molar-refractivity contribution in [2.75, 3.05) is 6.54 Å². The van der Waals surface area contributed by atoms with Crippen LogP contribution in [0.1, 0.15) is 48.3 Å². The number of likely N-dealkylation sites (tertiary alicyclic amines) is 1. The van der Waals surface area contributed by atoms with Crippen LogP contribution in [0.4, 0.5) is 0 Å². The summed E-state index contributed by atoms with van der Waals surface area (Å²) in [5, 5.41) is 11.7. The van der Waals surface area contributed by atoms with Crippen LogP contribution in [0.25, 0.3) is 11.0 Å². The molecule has 0 bridgehead atoms. The second-order valence-electron chi connectivity index (χ2n) is 8.10. The van der Waals surface area contributed by atoms with Gasteiger partial charge in [0.1, 0.15) is 0 Å². The summed E-state index contributed by atoms with van der Waals surface area (Å²) in [5.41, 5.74) is 1.80. The Hall–Kier alpha value is -2.66. The first-order chi connectivity index (χ1) is 13.7. The monoisotopic (exact) mass is 375 g/mol. The van der Waals surface area contributed by atoms with Gasteiger partial charge in [0.15, 0.2) is 5.82 Å². The van der Waals surface area contributed by atoms with Crippen LogP contribution in [0, 0.1) is 5.92 Å². The first-order valence-electron chi connectivity index (χ1n) is 10.2. The quantitative estimate of drug-likeness (QED) is 0.715. The fourth-order valence-corrected chi connectivity index (χ4v) is 5.21. The first kappa shape index (κ1) is 17.4. The average molecular weight is 375 g/mol. The maximum absolute atomic E-state index is 13.3. The van der Waals surface area contributed by atoms with Crippen molar-refractivity contribution in [3.63, 3.8) is 0 Å². The van der Waals surface area contributed by atoms with E-state index in [4.69, 9.17) is 0 Å². The van der Waals surface area contributed by atoms with Gasteiger partial charge in [-0.25, -0.2) is 4.98 Å². The molecule has 2 aliphatic rings. The van der Waals surface area contributed by atoms with Crippen LogP contribution in [-0.4, -0.2) is 38.5 Å². The molecule has 5 heteroatoms. The summed E-state index contributed by atoms with van der Waals surface area (Å²) < 4.78 is 0. The van der Waals surface area contributed by atoms with Gasteiger partial charge in [-0.1, -0.05) is 55.3 Å². The Morgan fingerprint density at radius 2 is 1.82 bits per heavy atom. The minimum absolute atomic E-state index is 0.0495. The molecule has 2 aromatic carbocycles. The fraction of sp³-hybridized carbons (Fsp3) is 0.391. The molecule has 2 N–H and O–H groups in total. The molecule has 3 atom stereocenters. The lowest BCUT2D eigenvalue weighted by molar-refractivity contribution is -0.110. The van der Waals surface area contributed by atoms with Gasteiger partial charge in [0, 0.05) is 18.5 Å². The van der Waals surface area contributed by atoms with Gasteiger partial charge >= 0.3 is 0 Å². The van der Waals surface area contributed by atoms with E-state index in [-0.39, 0.29) is 17.9 Å². The van der Waals surface area contributed by atoms with Gasteiger partial charge in [-0.05, 0) is 37.0 Å². The molecule has 1 aliphatic carbocycles. The highest BCUT2D eigenvalue weighted by atomic mass is 16.3. The molecule has 0 radical (unpaired) electrons. The minimum atomic E-state index is -0.864. The second-order valence-corrected chi connectivity index (χ2v) is 8.10. The second kappa shape index (κ2) is 6.74. The number of aromatic amines is 1. The van der Waals surface area contributed by atoms with Crippen molar-refractivity contribution in [2.45, 2.75) is 43.7 Å². The molecule has 28 heavy (non-hydrogen) atoms. The number of aliphatic hydroxyl groups is 1. The number of hydrogen-bond donors (Lipinski definition) is 2. The van der Waals surface area contributed by atoms with E-state index in [1.807, 2.05) is 59.5 Å². The molecule has 1 unspecified atom stereocenters. The van der Waals surface area contributed by atoms with Crippen LogP contribution in [0.15, 0.2) is 54.6 Å². The van der Waals surface area contributed by atoms with E-state index in [1.54, 1.807) is 0 Å². The molecule has 2 fully saturated rings. The van der Waals surface area contributed by atoms with E-state index >= 15 is 0 Å². The fourth-order valence-electron chi connectivity index (χ4n) is 5.21. The van der Waals surface area contributed by atoms with Gasteiger partial charge in [-0.3, -0.25) is 4.79 Å². The van der Waals surface area contributed by atoms with E-state index in [0.717, 1.165) is 42.3 Å². The highest BCUT2D eigenvalue weighted by molar-refractivity contribution is 5.94. The van der Waals surface area contributed by atoms with Crippen molar-refractivity contribution in [2.24, 2.45) is 5.92 Å². The van der Waals surface area contributed by atoms with E-state index in [2.05, 4.69) is 9.97 Å². The maximum atomic E-state index is 13.3. The lowest BCUT2D eigenvalue weighted by Crippen LogP contribution is -2.59. The molecule has 1 aliphatic heterocycles. The van der Waals surface area contributed by atoms with Crippen LogP contribution in [0.2, 0.25) is 0 Å². The number of nitrogens with one attached hydrogen (secondary N) is 1. The third-order valence-electron chi connectivity index (χ3n) is 6.60. The summed E-state index contributed by atoms with van der Waals surface area (Å²) in [6.07, 6.45) is 4.63. The smallest absolute Gasteiger partial charge is 0.289 e. The molecule has 5 nitrogen and oxygen atoms in total. The maximum Gasteiger partial charge on any atom is 0.289 e. The number of fused-ring (bicyclic) bond motifs is 2. The highest BCUT2D eigenvalue weighted by Crippen LogP contribution is 2.47. The molecular weight excluding hydrogens is 350 g/mol. The number of benzene rings is 2. The normalized spacial score (nSPS) is 27.5. The summed E-state index contributed by atoms with van der Waals surface area (Å²) in [5.74, 6) is 0.407. The highest BCUT2D eigenvalue weighted by Gasteiger charge is 2.50. The Kier molecular flexibility index (Phi) is 4.20. The van der Waals surface area contributed by atoms with Gasteiger partial charge in [-0.15, -0.1) is 0 Å². The van der Waals surface area contributed by atoms with Crippen LogP contribution in [0.3, 0.4) is 0 Å². The molecule has 144 valence electrons. The van der Waals surface area contributed by atoms with Crippen molar-refractivity contribution in [3.8, 4) is 0 Å². The number of para-hydroxylation sites is 2. The van der Waals surface area contributed by atoms with E-state index < -0.39 is 5.60 Å². The zero-order valence-electron chi connectivity index (χ0n) is 15.8. The van der Waals surface area contributed by atoms with E-state index in [9.17, 15) is 9.90 Å². The van der Waals surface area contributed by atoms with Gasteiger partial charge in [-0.2, -0.15) is 0 Å². The number of carbonyl (C=O) groups excluding carboxylic acids is 1. The van der Waals surface area contributed by atoms with Crippen molar-refractivity contribution >= 4 is 16.9 Å². The SMILES string of the molecule is O=C(c1nc2ccccc2[nH]1)N1CCC(O)(c2ccccc2)[C@H]2CCCC[C@H]21. The number of piperidine rings is 1. The van der Waals surface area contributed by atoms with E-state index in [0.29, 0.717) is 18.8 Å². The summed E-state index contributed by atoms with van der Waals surface area (Å²) in [6.45, 7) is 0.544. The van der Waals surface area contributed by atoms with Crippen LogP contribution < -0.4 is 0 Å². The van der Waals surface area contributed by atoms with Crippen molar-refractivity contribution in [3.05, 3.63) is 66.0 Å². The Labute approximate surface area is 164 Å². The Bertz CT molecular complexity index is 966. The zero-order chi connectivity index (χ0) is 19.1. The number of aromatic nitrogens is 2. The summed E-state index contributed by atoms with van der Waals surface area (Å²) in [4.78, 5) is 23.0. The Morgan fingerprint density at radius 1 is 1.07 bits per heavy atom. The molecule has 1 aromatic heterocycles. The van der Waals surface area contributed by atoms with Gasteiger partial charge < -0.3 is 15.0 Å². The predicted molar refractivity (Wildman–Crippen MR) is 108 cm³/mol. The van der Waals surface area contributed by atoms with Gasteiger partial charge in [0.05, 0.1) is 16.6 Å². The number of carbonyl (C=O) groups is 1. The molecule has 0 spiro atoms. The number of nitrogens with zero attached hydrogens (tertiary/aromatic N) is 2. The summed E-state index contributed by atoms with van der Waals surface area (Å²) in [6, 6.07) is 17.7. The third kappa shape index (κ3) is 2.73. The van der Waals surface area contributed by atoms with Crippen molar-refractivity contribution < 1.29 is 9.90 Å². The van der Waals surface area contributed by atoms with Crippen molar-refractivity contribution in [1.29, 1.82) is 0 Å². The summed E-state index contributed by atoms with van der Waals surface area (Å²) >= 11 is 0. The molecule has 1 saturated carbocycles. The van der Waals surface area contributed by atoms with Gasteiger partial charge in [0.2, 0.25) is 0 Å². The topological polar surface area (TPSA) is 69.2 Å². The van der Waals surface area contributed by atoms with E-state index in [1.165, 1.54) is 0 Å². The molecule has 2 heterocycles. The number of H-pyrrole nitrogens is 1. The molecule has 5 rings (SSSR count). The standard InChI is InChI=1S/C23H25N3O2/c27-22(21-24-18-11-5-6-12-19(18)25-21)26-15-14-23(28,16-8-2-1-3-9-16)17-10-4-7-13-20(17)26/h1-3,5-6,8-9,11-12,17,20,28H,4,7,10,13-15H2,(H,24,25)/t17-,20+,23?/m0/s1. The molecule has 3 aromatic rings. The van der Waals surface area contributed by atoms with Crippen LogP contribution in [0.5, 0.6) is 0 Å². The molecule has 1 amide bonds. The number of imidazole rings is 1. The lowest BCUT2D eigenvalue weighted by atomic mass is 9.66. The zero-order valence-corrected chi connectivity index (χ0v) is 15.8. The number of rotatable bonds is 2. The summed E-state index contributed by atoms with van der Waals surface area (Å²) in [7, 11) is 0. The molecule has 1 saturated heterocycles.